The molecule has 2 rings (SSSR count). The van der Waals surface area contributed by atoms with Crippen molar-refractivity contribution >= 4 is 11.9 Å². The first-order valence-electron chi connectivity index (χ1n) is 7.25. The Morgan fingerprint density at radius 1 is 1.38 bits per heavy atom. The molecule has 1 saturated heterocycles. The summed E-state index contributed by atoms with van der Waals surface area (Å²) in [4.78, 5) is 24.9. The third-order valence-electron chi connectivity index (χ3n) is 3.77. The summed E-state index contributed by atoms with van der Waals surface area (Å²) < 4.78 is 5.60. The van der Waals surface area contributed by atoms with Gasteiger partial charge in [0.15, 0.2) is 0 Å². The molecule has 0 bridgehead atoms. The van der Waals surface area contributed by atoms with E-state index in [-0.39, 0.29) is 12.5 Å². The number of benzene rings is 1. The summed E-state index contributed by atoms with van der Waals surface area (Å²) in [6.07, 6.45) is 0.810. The van der Waals surface area contributed by atoms with Crippen LogP contribution in [0, 0.1) is 5.92 Å². The highest BCUT2D eigenvalue weighted by atomic mass is 16.5. The van der Waals surface area contributed by atoms with Gasteiger partial charge in [0.25, 0.3) is 5.91 Å². The number of carboxylic acids is 1. The first kappa shape index (κ1) is 15.5. The van der Waals surface area contributed by atoms with Crippen LogP contribution < -0.4 is 0 Å². The normalized spacial score (nSPS) is 20.0. The lowest BCUT2D eigenvalue weighted by molar-refractivity contribution is -0.150. The van der Waals surface area contributed by atoms with Gasteiger partial charge in [-0.1, -0.05) is 30.3 Å². The molecule has 114 valence electrons. The minimum atomic E-state index is -0.828. The van der Waals surface area contributed by atoms with Crippen molar-refractivity contribution in [3.05, 3.63) is 35.9 Å². The highest BCUT2D eigenvalue weighted by Crippen LogP contribution is 2.18. The van der Waals surface area contributed by atoms with Gasteiger partial charge in [0.1, 0.15) is 6.10 Å². The maximum absolute atomic E-state index is 12.3. The number of carboxylic acid groups (broad SMARTS) is 1. The van der Waals surface area contributed by atoms with Gasteiger partial charge in [0, 0.05) is 13.1 Å². The Balaban J connectivity index is 1.85. The Kier molecular flexibility index (Phi) is 5.33. The van der Waals surface area contributed by atoms with E-state index in [0.717, 1.165) is 12.0 Å². The fourth-order valence-corrected chi connectivity index (χ4v) is 2.50. The van der Waals surface area contributed by atoms with Crippen LogP contribution in [0.1, 0.15) is 25.3 Å². The number of aliphatic carboxylic acids is 1. The standard InChI is InChI=1S/C16H21NO4/c1-12(21-11-13-6-3-2-4-7-13)15(18)17-9-5-8-14(10-17)16(19)20/h2-4,6-7,12,14H,5,8-11H2,1H3,(H,19,20)/t12?,14-/m1/s1. The van der Waals surface area contributed by atoms with Gasteiger partial charge in [0.2, 0.25) is 0 Å². The molecule has 1 heterocycles. The number of nitrogens with zero attached hydrogens (tertiary/aromatic N) is 1. The highest BCUT2D eigenvalue weighted by molar-refractivity contribution is 5.81. The Labute approximate surface area is 124 Å². The fourth-order valence-electron chi connectivity index (χ4n) is 2.50. The van der Waals surface area contributed by atoms with Gasteiger partial charge in [-0.2, -0.15) is 0 Å². The molecule has 21 heavy (non-hydrogen) atoms. The molecule has 2 atom stereocenters. The maximum Gasteiger partial charge on any atom is 0.308 e. The third-order valence-corrected chi connectivity index (χ3v) is 3.77. The predicted octanol–water partition coefficient (Wildman–Crippen LogP) is 1.91. The lowest BCUT2D eigenvalue weighted by atomic mass is 9.98. The molecule has 1 aliphatic heterocycles. The van der Waals surface area contributed by atoms with Crippen LogP contribution in [0.15, 0.2) is 30.3 Å². The quantitative estimate of drug-likeness (QED) is 0.900. The van der Waals surface area contributed by atoms with Crippen molar-refractivity contribution in [2.75, 3.05) is 13.1 Å². The summed E-state index contributed by atoms with van der Waals surface area (Å²) in [5.74, 6) is -1.41. The number of amides is 1. The van der Waals surface area contributed by atoms with Crippen LogP contribution in [-0.2, 0) is 20.9 Å². The number of ether oxygens (including phenoxy) is 1. The molecule has 5 heteroatoms. The molecule has 1 fully saturated rings. The lowest BCUT2D eigenvalue weighted by Crippen LogP contribution is -2.46. The summed E-state index contributed by atoms with van der Waals surface area (Å²) in [6.45, 7) is 2.99. The molecule has 1 aromatic rings. The smallest absolute Gasteiger partial charge is 0.308 e. The van der Waals surface area contributed by atoms with Gasteiger partial charge >= 0.3 is 5.97 Å². The minimum absolute atomic E-state index is 0.128. The number of rotatable bonds is 5. The van der Waals surface area contributed by atoms with E-state index < -0.39 is 18.0 Å². The molecular formula is C16H21NO4. The van der Waals surface area contributed by atoms with Crippen molar-refractivity contribution in [2.45, 2.75) is 32.5 Å². The van der Waals surface area contributed by atoms with E-state index in [0.29, 0.717) is 19.6 Å². The Bertz CT molecular complexity index is 488. The Hall–Kier alpha value is -1.88. The molecular weight excluding hydrogens is 270 g/mol. The summed E-state index contributed by atoms with van der Waals surface area (Å²) in [7, 11) is 0. The zero-order valence-electron chi connectivity index (χ0n) is 12.2. The molecule has 5 nitrogen and oxygen atoms in total. The van der Waals surface area contributed by atoms with E-state index in [2.05, 4.69) is 0 Å². The van der Waals surface area contributed by atoms with Gasteiger partial charge in [-0.3, -0.25) is 9.59 Å². The van der Waals surface area contributed by atoms with Crippen LogP contribution in [0.2, 0.25) is 0 Å². The van der Waals surface area contributed by atoms with E-state index in [4.69, 9.17) is 9.84 Å². The third kappa shape index (κ3) is 4.29. The predicted molar refractivity (Wildman–Crippen MR) is 77.6 cm³/mol. The average Bonchev–Trinajstić information content (AvgIpc) is 2.53. The molecule has 1 aromatic carbocycles. The number of carbonyl (C=O) groups excluding carboxylic acids is 1. The SMILES string of the molecule is CC(OCc1ccccc1)C(=O)N1CCC[C@@H](C(=O)O)C1. The van der Waals surface area contributed by atoms with Gasteiger partial charge in [-0.25, -0.2) is 0 Å². The number of hydrogen-bond donors (Lipinski definition) is 1. The van der Waals surface area contributed by atoms with Gasteiger partial charge in [-0.15, -0.1) is 0 Å². The summed E-state index contributed by atoms with van der Waals surface area (Å²) in [6, 6.07) is 9.66. The first-order valence-corrected chi connectivity index (χ1v) is 7.25. The minimum Gasteiger partial charge on any atom is -0.481 e. The second kappa shape index (κ2) is 7.22. The number of hydrogen-bond acceptors (Lipinski definition) is 3. The molecule has 0 saturated carbocycles. The Morgan fingerprint density at radius 3 is 2.76 bits per heavy atom. The van der Waals surface area contributed by atoms with E-state index in [1.807, 2.05) is 30.3 Å². The second-order valence-electron chi connectivity index (χ2n) is 5.40. The van der Waals surface area contributed by atoms with Crippen LogP contribution >= 0.6 is 0 Å². The Morgan fingerprint density at radius 2 is 2.10 bits per heavy atom. The van der Waals surface area contributed by atoms with Gasteiger partial charge < -0.3 is 14.7 Å². The first-order chi connectivity index (χ1) is 10.1. The van der Waals surface area contributed by atoms with Crippen LogP contribution in [-0.4, -0.2) is 41.1 Å². The topological polar surface area (TPSA) is 66.8 Å². The van der Waals surface area contributed by atoms with Gasteiger partial charge in [0.05, 0.1) is 12.5 Å². The average molecular weight is 291 g/mol. The van der Waals surface area contributed by atoms with Crippen molar-refractivity contribution in [1.82, 2.24) is 4.90 Å². The lowest BCUT2D eigenvalue weighted by Gasteiger charge is -2.32. The van der Waals surface area contributed by atoms with Crippen LogP contribution in [0.25, 0.3) is 0 Å². The molecule has 0 aliphatic carbocycles. The monoisotopic (exact) mass is 291 g/mol. The van der Waals surface area contributed by atoms with Gasteiger partial charge in [-0.05, 0) is 25.3 Å². The second-order valence-corrected chi connectivity index (χ2v) is 5.40. The summed E-state index contributed by atoms with van der Waals surface area (Å²) in [5, 5.41) is 9.06. The van der Waals surface area contributed by atoms with E-state index in [9.17, 15) is 9.59 Å². The highest BCUT2D eigenvalue weighted by Gasteiger charge is 2.30. The van der Waals surface area contributed by atoms with E-state index in [1.165, 1.54) is 0 Å². The van der Waals surface area contributed by atoms with E-state index in [1.54, 1.807) is 11.8 Å². The molecule has 0 radical (unpaired) electrons. The van der Waals surface area contributed by atoms with Crippen molar-refractivity contribution in [1.29, 1.82) is 0 Å². The molecule has 1 aliphatic rings. The zero-order chi connectivity index (χ0) is 15.2. The van der Waals surface area contributed by atoms with Crippen molar-refractivity contribution in [2.24, 2.45) is 5.92 Å². The maximum atomic E-state index is 12.3. The van der Waals surface area contributed by atoms with Crippen molar-refractivity contribution in [3.8, 4) is 0 Å². The number of likely N-dealkylation sites (tertiary alicyclic amines) is 1. The van der Waals surface area contributed by atoms with E-state index >= 15 is 0 Å². The van der Waals surface area contributed by atoms with Crippen molar-refractivity contribution < 1.29 is 19.4 Å². The fraction of sp³-hybridized carbons (Fsp3) is 0.500. The largest absolute Gasteiger partial charge is 0.481 e. The summed E-state index contributed by atoms with van der Waals surface area (Å²) in [5.41, 5.74) is 1.01. The van der Waals surface area contributed by atoms with Crippen LogP contribution in [0.4, 0.5) is 0 Å². The molecule has 1 unspecified atom stereocenters. The number of carbonyl (C=O) groups is 2. The molecule has 1 amide bonds. The van der Waals surface area contributed by atoms with Crippen molar-refractivity contribution in [3.63, 3.8) is 0 Å². The molecule has 1 N–H and O–H groups in total. The molecule has 0 spiro atoms. The number of piperidine rings is 1. The van der Waals surface area contributed by atoms with Crippen LogP contribution in [0.5, 0.6) is 0 Å². The molecule has 0 aromatic heterocycles. The van der Waals surface area contributed by atoms with Crippen LogP contribution in [0.3, 0.4) is 0 Å². The summed E-state index contributed by atoms with van der Waals surface area (Å²) >= 11 is 0. The zero-order valence-corrected chi connectivity index (χ0v) is 12.2.